The van der Waals surface area contributed by atoms with Gasteiger partial charge in [0, 0.05) is 32.1 Å². The summed E-state index contributed by atoms with van der Waals surface area (Å²) in [6, 6.07) is 38.6. The molecule has 0 radical (unpaired) electrons. The Morgan fingerprint density at radius 3 is 2.16 bits per heavy atom. The molecule has 0 aromatic heterocycles. The zero-order valence-corrected chi connectivity index (χ0v) is 28.3. The third-order valence-electron chi connectivity index (χ3n) is 8.42. The second-order valence-corrected chi connectivity index (χ2v) is 12.6. The van der Waals surface area contributed by atoms with Gasteiger partial charge in [-0.05, 0) is 71.0 Å². The van der Waals surface area contributed by atoms with Gasteiger partial charge in [0.2, 0.25) is 5.91 Å². The van der Waals surface area contributed by atoms with Crippen LogP contribution in [0.5, 0.6) is 11.5 Å². The number of alkyl halides is 3. The molecule has 50 heavy (non-hydrogen) atoms. The second-order valence-electron chi connectivity index (χ2n) is 12.2. The van der Waals surface area contributed by atoms with Crippen LogP contribution in [0.3, 0.4) is 0 Å². The summed E-state index contributed by atoms with van der Waals surface area (Å²) in [6.45, 7) is 2.15. The lowest BCUT2D eigenvalue weighted by Crippen LogP contribution is -2.31. The monoisotopic (exact) mass is 700 g/mol. The minimum Gasteiger partial charge on any atom is -0.508 e. The zero-order chi connectivity index (χ0) is 35.3. The molecule has 5 aromatic carbocycles. The zero-order valence-electron chi connectivity index (χ0n) is 27.6. The van der Waals surface area contributed by atoms with Gasteiger partial charge in [0.05, 0.1) is 23.6 Å². The molecule has 1 amide bonds. The third-order valence-corrected chi connectivity index (χ3v) is 8.87. The number of rotatable bonds is 16. The van der Waals surface area contributed by atoms with Gasteiger partial charge >= 0.3 is 6.18 Å². The van der Waals surface area contributed by atoms with Crippen LogP contribution in [0.1, 0.15) is 45.7 Å². The minimum absolute atomic E-state index is 0.0226. The van der Waals surface area contributed by atoms with E-state index in [-0.39, 0.29) is 35.6 Å². The lowest BCUT2D eigenvalue weighted by atomic mass is 9.90. The number of phenols is 1. The largest absolute Gasteiger partial charge is 0.508 e. The molecule has 0 heterocycles. The van der Waals surface area contributed by atoms with Gasteiger partial charge in [-0.2, -0.15) is 13.2 Å². The number of carbonyl (C=O) groups is 1. The van der Waals surface area contributed by atoms with E-state index in [0.717, 1.165) is 28.3 Å². The van der Waals surface area contributed by atoms with Crippen LogP contribution in [0.15, 0.2) is 127 Å². The van der Waals surface area contributed by atoms with Crippen LogP contribution in [-0.2, 0) is 30.4 Å². The molecule has 0 aliphatic rings. The maximum Gasteiger partial charge on any atom is 0.417 e. The van der Waals surface area contributed by atoms with Crippen molar-refractivity contribution in [3.05, 3.63) is 166 Å². The molecule has 0 atom stereocenters. The van der Waals surface area contributed by atoms with Gasteiger partial charge in [-0.15, -0.1) is 0 Å². The average Bonchev–Trinajstić information content (AvgIpc) is 3.10. The molecule has 0 saturated carbocycles. The van der Waals surface area contributed by atoms with Gasteiger partial charge in [0.15, 0.2) is 0 Å². The summed E-state index contributed by atoms with van der Waals surface area (Å²) in [7, 11) is 0. The Bertz CT molecular complexity index is 1780. The van der Waals surface area contributed by atoms with Gasteiger partial charge in [0.25, 0.3) is 0 Å². The molecule has 5 rings (SSSR count). The smallest absolute Gasteiger partial charge is 0.417 e. The summed E-state index contributed by atoms with van der Waals surface area (Å²) >= 11 is 6.35. The predicted octanol–water partition coefficient (Wildman–Crippen LogP) is 9.07. The normalized spacial score (nSPS) is 11.6. The van der Waals surface area contributed by atoms with E-state index >= 15 is 0 Å². The van der Waals surface area contributed by atoms with Crippen molar-refractivity contribution in [3.8, 4) is 11.5 Å². The highest BCUT2D eigenvalue weighted by Crippen LogP contribution is 2.37. The number of ether oxygens (including phenoxy) is 1. The molecule has 0 saturated heterocycles. The summed E-state index contributed by atoms with van der Waals surface area (Å²) in [6.07, 6.45) is -3.14. The number of hydrogen-bond acceptors (Lipinski definition) is 4. The van der Waals surface area contributed by atoms with Crippen molar-refractivity contribution in [3.63, 3.8) is 0 Å². The van der Waals surface area contributed by atoms with Crippen molar-refractivity contribution in [2.24, 2.45) is 0 Å². The van der Waals surface area contributed by atoms with Crippen LogP contribution in [0.4, 0.5) is 13.2 Å². The summed E-state index contributed by atoms with van der Waals surface area (Å²) in [5.74, 6) is 0.694. The van der Waals surface area contributed by atoms with E-state index < -0.39 is 11.7 Å². The highest BCUT2D eigenvalue weighted by Gasteiger charge is 2.34. The predicted molar refractivity (Wildman–Crippen MR) is 192 cm³/mol. The Labute approximate surface area is 296 Å². The highest BCUT2D eigenvalue weighted by molar-refractivity contribution is 6.32. The summed E-state index contributed by atoms with van der Waals surface area (Å²) < 4.78 is 47.2. The first-order valence-electron chi connectivity index (χ1n) is 16.6. The maximum atomic E-state index is 13.7. The van der Waals surface area contributed by atoms with Crippen molar-refractivity contribution < 1.29 is 27.8 Å². The van der Waals surface area contributed by atoms with Crippen LogP contribution in [0.2, 0.25) is 5.02 Å². The van der Waals surface area contributed by atoms with Crippen molar-refractivity contribution in [2.45, 2.75) is 37.9 Å². The number of halogens is 4. The Balaban J connectivity index is 1.22. The van der Waals surface area contributed by atoms with E-state index in [2.05, 4.69) is 34.5 Å². The molecule has 0 fully saturated rings. The SMILES string of the molecule is O=C(Cc1cccc(OCCCN(Cc2cccc(C(F)(F)F)c2Cl)CC(c2ccccc2)c2ccccc2)c1)NCCc1cccc(O)c1. The maximum absolute atomic E-state index is 13.7. The molecule has 0 bridgehead atoms. The number of phenolic OH excluding ortho intramolecular Hbond substituents is 1. The van der Waals surface area contributed by atoms with Gasteiger partial charge < -0.3 is 15.2 Å². The molecule has 260 valence electrons. The lowest BCUT2D eigenvalue weighted by molar-refractivity contribution is -0.137. The Morgan fingerprint density at radius 1 is 0.820 bits per heavy atom. The summed E-state index contributed by atoms with van der Waals surface area (Å²) in [5, 5.41) is 12.3. The van der Waals surface area contributed by atoms with Crippen LogP contribution in [0, 0.1) is 0 Å². The number of nitrogens with zero attached hydrogens (tertiary/aromatic N) is 1. The van der Waals surface area contributed by atoms with E-state index in [1.807, 2.05) is 66.7 Å². The first-order chi connectivity index (χ1) is 24.2. The van der Waals surface area contributed by atoms with Crippen LogP contribution in [0.25, 0.3) is 0 Å². The number of carbonyl (C=O) groups excluding carboxylic acids is 1. The molecule has 5 nitrogen and oxygen atoms in total. The molecule has 2 N–H and O–H groups in total. The first-order valence-corrected chi connectivity index (χ1v) is 17.0. The fourth-order valence-corrected chi connectivity index (χ4v) is 6.25. The van der Waals surface area contributed by atoms with Gasteiger partial charge in [-0.1, -0.05) is 109 Å². The van der Waals surface area contributed by atoms with Crippen LogP contribution >= 0.6 is 11.6 Å². The number of nitrogens with one attached hydrogen (secondary N) is 1. The molecule has 0 spiro atoms. The Hall–Kier alpha value is -4.79. The van der Waals surface area contributed by atoms with Crippen LogP contribution < -0.4 is 10.1 Å². The van der Waals surface area contributed by atoms with Crippen LogP contribution in [-0.4, -0.2) is 42.2 Å². The lowest BCUT2D eigenvalue weighted by Gasteiger charge is -2.29. The molecule has 0 aliphatic heterocycles. The van der Waals surface area contributed by atoms with E-state index in [1.54, 1.807) is 24.3 Å². The van der Waals surface area contributed by atoms with E-state index in [0.29, 0.717) is 50.4 Å². The molecular formula is C41H40ClF3N2O3. The van der Waals surface area contributed by atoms with Gasteiger partial charge in [-0.25, -0.2) is 0 Å². The minimum atomic E-state index is -4.55. The number of aromatic hydroxyl groups is 1. The Kier molecular flexibility index (Phi) is 12.9. The summed E-state index contributed by atoms with van der Waals surface area (Å²) in [5.41, 5.74) is 3.54. The van der Waals surface area contributed by atoms with E-state index in [9.17, 15) is 23.1 Å². The molecule has 9 heteroatoms. The first kappa shape index (κ1) is 36.5. The fraction of sp³-hybridized carbons (Fsp3) is 0.244. The molecule has 0 unspecified atom stereocenters. The van der Waals surface area contributed by atoms with E-state index in [1.165, 1.54) is 6.07 Å². The Morgan fingerprint density at radius 2 is 1.48 bits per heavy atom. The summed E-state index contributed by atoms with van der Waals surface area (Å²) in [4.78, 5) is 14.7. The van der Waals surface area contributed by atoms with Gasteiger partial charge in [0.1, 0.15) is 11.5 Å². The molecular weight excluding hydrogens is 661 g/mol. The quantitative estimate of drug-likeness (QED) is 0.101. The number of benzene rings is 5. The second kappa shape index (κ2) is 17.7. The number of hydrogen-bond donors (Lipinski definition) is 2. The van der Waals surface area contributed by atoms with Crippen molar-refractivity contribution in [1.82, 2.24) is 10.2 Å². The topological polar surface area (TPSA) is 61.8 Å². The van der Waals surface area contributed by atoms with Crippen molar-refractivity contribution >= 4 is 17.5 Å². The van der Waals surface area contributed by atoms with Gasteiger partial charge in [-0.3, -0.25) is 9.69 Å². The van der Waals surface area contributed by atoms with Crippen molar-refractivity contribution in [1.29, 1.82) is 0 Å². The average molecular weight is 701 g/mol. The van der Waals surface area contributed by atoms with Crippen molar-refractivity contribution in [2.75, 3.05) is 26.2 Å². The molecule has 5 aromatic rings. The highest BCUT2D eigenvalue weighted by atomic mass is 35.5. The standard InChI is InChI=1S/C41H40ClF3N2O3/c42-40-34(17-9-20-38(40)41(43,44)45)28-47(29-37(32-13-3-1-4-14-32)33-15-5-2-6-16-33)23-10-24-50-36-19-8-12-31(26-36)27-39(49)46-22-21-30-11-7-18-35(48)25-30/h1-9,11-20,25-26,37,48H,10,21-24,27-29H2,(H,46,49). The fourth-order valence-electron chi connectivity index (χ4n) is 5.96. The third kappa shape index (κ3) is 10.9. The molecule has 0 aliphatic carbocycles. The number of amides is 1. The van der Waals surface area contributed by atoms with E-state index in [4.69, 9.17) is 16.3 Å².